The van der Waals surface area contributed by atoms with Crippen LogP contribution in [-0.4, -0.2) is 19.5 Å². The lowest BCUT2D eigenvalue weighted by Crippen LogP contribution is -2.33. The molecule has 0 spiro atoms. The average Bonchev–Trinajstić information content (AvgIpc) is 2.65. The molecule has 7 heteroatoms. The van der Waals surface area contributed by atoms with Gasteiger partial charge in [0.05, 0.1) is 12.6 Å². The van der Waals surface area contributed by atoms with Crippen LogP contribution in [0, 0.1) is 5.92 Å². The van der Waals surface area contributed by atoms with Gasteiger partial charge in [-0.1, -0.05) is 57.0 Å². The summed E-state index contributed by atoms with van der Waals surface area (Å²) in [5, 5.41) is 0.401. The van der Waals surface area contributed by atoms with Crippen molar-refractivity contribution in [2.45, 2.75) is 39.3 Å². The first kappa shape index (κ1) is 18.5. The molecule has 1 atom stereocenters. The Kier molecular flexibility index (Phi) is 5.64. The van der Waals surface area contributed by atoms with E-state index in [4.69, 9.17) is 17.3 Å². The Morgan fingerprint density at radius 2 is 1.85 bits per heavy atom. The lowest BCUT2D eigenvalue weighted by atomic mass is 9.94. The zero-order chi connectivity index (χ0) is 18.7. The third kappa shape index (κ3) is 3.61. The van der Waals surface area contributed by atoms with E-state index < -0.39 is 0 Å². The highest BCUT2D eigenvalue weighted by atomic mass is 35.5. The Morgan fingerprint density at radius 1 is 1.15 bits per heavy atom. The molecule has 6 nitrogen and oxygen atoms in total. The molecule has 0 bridgehead atoms. The fourth-order valence-electron chi connectivity index (χ4n) is 3.19. The van der Waals surface area contributed by atoms with Crippen LogP contribution in [0.3, 0.4) is 0 Å². The molecule has 0 radical (unpaired) electrons. The summed E-state index contributed by atoms with van der Waals surface area (Å²) >= 11 is 5.89. The lowest BCUT2D eigenvalue weighted by molar-refractivity contribution is 0.378. The predicted octanol–water partition coefficient (Wildman–Crippen LogP) is 3.32. The molecule has 3 rings (SSSR count). The van der Waals surface area contributed by atoms with Gasteiger partial charge in [-0.2, -0.15) is 4.98 Å². The van der Waals surface area contributed by atoms with Gasteiger partial charge in [0.15, 0.2) is 5.65 Å². The number of aromatic nitrogens is 4. The highest BCUT2D eigenvalue weighted by Gasteiger charge is 2.23. The van der Waals surface area contributed by atoms with Gasteiger partial charge in [0.2, 0.25) is 5.28 Å². The minimum atomic E-state index is -0.362. The van der Waals surface area contributed by atoms with Crippen LogP contribution in [0.5, 0.6) is 0 Å². The van der Waals surface area contributed by atoms with Gasteiger partial charge >= 0.3 is 0 Å². The highest BCUT2D eigenvalue weighted by Crippen LogP contribution is 2.24. The Labute approximate surface area is 157 Å². The molecule has 3 aromatic rings. The number of hydrogen-bond donors (Lipinski definition) is 1. The maximum Gasteiger partial charge on any atom is 0.264 e. The van der Waals surface area contributed by atoms with Gasteiger partial charge < -0.3 is 5.73 Å². The molecule has 0 fully saturated rings. The number of nitrogens with zero attached hydrogens (tertiary/aromatic N) is 4. The van der Waals surface area contributed by atoms with Crippen LogP contribution < -0.4 is 11.3 Å². The van der Waals surface area contributed by atoms with Crippen molar-refractivity contribution in [2.75, 3.05) is 0 Å². The Morgan fingerprint density at radius 3 is 2.50 bits per heavy atom. The van der Waals surface area contributed by atoms with Gasteiger partial charge in [-0.05, 0) is 23.1 Å². The molecule has 0 saturated heterocycles. The summed E-state index contributed by atoms with van der Waals surface area (Å²) in [6.07, 6.45) is 3.23. The lowest BCUT2D eigenvalue weighted by Gasteiger charge is -2.24. The molecular formula is C19H22ClN5O. The molecule has 136 valence electrons. The molecule has 2 N–H and O–H groups in total. The van der Waals surface area contributed by atoms with Crippen molar-refractivity contribution < 1.29 is 0 Å². The molecule has 0 aliphatic carbocycles. The average molecular weight is 372 g/mol. The van der Waals surface area contributed by atoms with E-state index in [9.17, 15) is 4.79 Å². The maximum atomic E-state index is 13.1. The quantitative estimate of drug-likeness (QED) is 0.671. The van der Waals surface area contributed by atoms with Crippen LogP contribution in [0.1, 0.15) is 44.1 Å². The first-order chi connectivity index (χ1) is 12.5. The molecule has 1 unspecified atom stereocenters. The second kappa shape index (κ2) is 7.93. The number of hydrogen-bond acceptors (Lipinski definition) is 5. The third-order valence-corrected chi connectivity index (χ3v) is 4.93. The molecule has 0 amide bonds. The third-order valence-electron chi connectivity index (χ3n) is 4.75. The van der Waals surface area contributed by atoms with Crippen molar-refractivity contribution >= 4 is 22.6 Å². The molecule has 2 heterocycles. The number of benzene rings is 1. The van der Waals surface area contributed by atoms with Crippen molar-refractivity contribution in [1.82, 2.24) is 19.5 Å². The van der Waals surface area contributed by atoms with Gasteiger partial charge in [-0.3, -0.25) is 9.36 Å². The second-order valence-corrected chi connectivity index (χ2v) is 6.66. The van der Waals surface area contributed by atoms with E-state index in [2.05, 4.69) is 28.8 Å². The van der Waals surface area contributed by atoms with Crippen LogP contribution in [0.4, 0.5) is 0 Å². The number of rotatable bonds is 6. The fourth-order valence-corrected chi connectivity index (χ4v) is 3.32. The Balaban J connectivity index is 2.21. The van der Waals surface area contributed by atoms with Crippen molar-refractivity contribution in [2.24, 2.45) is 11.7 Å². The fraction of sp³-hybridized carbons (Fsp3) is 0.368. The number of fused-ring (bicyclic) bond motifs is 1. The summed E-state index contributed by atoms with van der Waals surface area (Å²) in [7, 11) is 0. The van der Waals surface area contributed by atoms with Crippen molar-refractivity contribution in [1.29, 1.82) is 0 Å². The van der Waals surface area contributed by atoms with Crippen LogP contribution in [0.25, 0.3) is 11.0 Å². The summed E-state index contributed by atoms with van der Waals surface area (Å²) in [5.41, 5.74) is 7.60. The molecule has 0 aliphatic heterocycles. The molecule has 0 saturated carbocycles. The molecular weight excluding hydrogens is 350 g/mol. The van der Waals surface area contributed by atoms with Gasteiger partial charge in [-0.25, -0.2) is 9.97 Å². The summed E-state index contributed by atoms with van der Waals surface area (Å²) in [6, 6.07) is 9.41. The van der Waals surface area contributed by atoms with Crippen LogP contribution >= 0.6 is 11.6 Å². The molecule has 0 aliphatic rings. The Hall–Kier alpha value is -2.31. The van der Waals surface area contributed by atoms with E-state index in [1.165, 1.54) is 6.20 Å². The van der Waals surface area contributed by atoms with Gasteiger partial charge in [0, 0.05) is 6.20 Å². The smallest absolute Gasteiger partial charge is 0.264 e. The summed E-state index contributed by atoms with van der Waals surface area (Å²) in [4.78, 5) is 25.8. The second-order valence-electron chi connectivity index (χ2n) is 6.33. The minimum Gasteiger partial charge on any atom is -0.321 e. The summed E-state index contributed by atoms with van der Waals surface area (Å²) < 4.78 is 1.64. The zero-order valence-corrected chi connectivity index (χ0v) is 15.6. The van der Waals surface area contributed by atoms with Crippen LogP contribution in [-0.2, 0) is 6.54 Å². The predicted molar refractivity (Wildman–Crippen MR) is 103 cm³/mol. The van der Waals surface area contributed by atoms with Crippen molar-refractivity contribution in [3.8, 4) is 0 Å². The van der Waals surface area contributed by atoms with Crippen molar-refractivity contribution in [3.63, 3.8) is 0 Å². The van der Waals surface area contributed by atoms with E-state index in [1.807, 2.05) is 30.3 Å². The monoisotopic (exact) mass is 371 g/mol. The normalized spacial score (nSPS) is 12.7. The first-order valence-electron chi connectivity index (χ1n) is 8.77. The topological polar surface area (TPSA) is 86.7 Å². The SMILES string of the molecule is CCC(CC)C(N)c1nc2nc(Cl)ncc2c(=O)n1Cc1ccccc1. The van der Waals surface area contributed by atoms with E-state index in [1.54, 1.807) is 4.57 Å². The van der Waals surface area contributed by atoms with Gasteiger partial charge in [-0.15, -0.1) is 0 Å². The standard InChI is InChI=1S/C19H22ClN5O/c1-3-13(4-2)15(21)17-23-16-14(10-22-19(20)24-16)18(26)25(17)11-12-8-6-5-7-9-12/h5-10,13,15H,3-4,11,21H2,1-2H3. The summed E-state index contributed by atoms with van der Waals surface area (Å²) in [5.74, 6) is 0.758. The van der Waals surface area contributed by atoms with Gasteiger partial charge in [0.25, 0.3) is 5.56 Å². The highest BCUT2D eigenvalue weighted by molar-refractivity contribution is 6.28. The van der Waals surface area contributed by atoms with Gasteiger partial charge in [0.1, 0.15) is 11.2 Å². The minimum absolute atomic E-state index is 0.0623. The van der Waals surface area contributed by atoms with Crippen molar-refractivity contribution in [3.05, 3.63) is 63.6 Å². The first-order valence-corrected chi connectivity index (χ1v) is 9.15. The number of nitrogens with two attached hydrogens (primary N) is 1. The molecule has 2 aromatic heterocycles. The van der Waals surface area contributed by atoms with E-state index >= 15 is 0 Å². The van der Waals surface area contributed by atoms with Crippen LogP contribution in [0.15, 0.2) is 41.3 Å². The zero-order valence-electron chi connectivity index (χ0n) is 14.9. The molecule has 26 heavy (non-hydrogen) atoms. The van der Waals surface area contributed by atoms with Crippen LogP contribution in [0.2, 0.25) is 5.28 Å². The maximum absolute atomic E-state index is 13.1. The molecule has 1 aromatic carbocycles. The Bertz CT molecular complexity index is 953. The number of halogens is 1. The van der Waals surface area contributed by atoms with E-state index in [0.717, 1.165) is 18.4 Å². The van der Waals surface area contributed by atoms with E-state index in [0.29, 0.717) is 17.8 Å². The summed E-state index contributed by atoms with van der Waals surface area (Å²) in [6.45, 7) is 4.58. The largest absolute Gasteiger partial charge is 0.321 e. The van der Waals surface area contributed by atoms with E-state index in [-0.39, 0.29) is 28.4 Å².